The molecule has 0 aromatic heterocycles. The Balaban J connectivity index is 1.58. The van der Waals surface area contributed by atoms with Gasteiger partial charge < -0.3 is 15.0 Å². The van der Waals surface area contributed by atoms with Crippen LogP contribution in [-0.4, -0.2) is 75.4 Å². The third-order valence-electron chi connectivity index (χ3n) is 4.01. The van der Waals surface area contributed by atoms with Gasteiger partial charge in [-0.05, 0) is 19.9 Å². The molecule has 1 aliphatic carbocycles. The predicted molar refractivity (Wildman–Crippen MR) is 65.8 cm³/mol. The van der Waals surface area contributed by atoms with Crippen molar-refractivity contribution in [1.82, 2.24) is 15.1 Å². The fraction of sp³-hybridized carbons (Fsp3) is 1.00. The van der Waals surface area contributed by atoms with Gasteiger partial charge >= 0.3 is 0 Å². The van der Waals surface area contributed by atoms with E-state index in [9.17, 15) is 0 Å². The van der Waals surface area contributed by atoms with Crippen molar-refractivity contribution >= 4 is 0 Å². The van der Waals surface area contributed by atoms with Crippen LogP contribution in [0.2, 0.25) is 0 Å². The second-order valence-electron chi connectivity index (χ2n) is 5.06. The number of nitrogens with one attached hydrogen (secondary N) is 1. The summed E-state index contributed by atoms with van der Waals surface area (Å²) in [4.78, 5) is 5.05. The van der Waals surface area contributed by atoms with E-state index in [4.69, 9.17) is 4.74 Å². The molecule has 0 aromatic rings. The van der Waals surface area contributed by atoms with Crippen LogP contribution in [0, 0.1) is 0 Å². The molecule has 0 spiro atoms. The lowest BCUT2D eigenvalue weighted by atomic mass is 9.88. The van der Waals surface area contributed by atoms with Gasteiger partial charge in [-0.3, -0.25) is 4.90 Å². The van der Waals surface area contributed by atoms with Crippen molar-refractivity contribution in [3.05, 3.63) is 0 Å². The van der Waals surface area contributed by atoms with Crippen molar-refractivity contribution in [3.63, 3.8) is 0 Å². The molecule has 1 saturated carbocycles. The Labute approximate surface area is 98.9 Å². The van der Waals surface area contributed by atoms with Crippen LogP contribution in [0.4, 0.5) is 0 Å². The van der Waals surface area contributed by atoms with Gasteiger partial charge in [0.05, 0.1) is 6.10 Å². The van der Waals surface area contributed by atoms with Crippen LogP contribution in [0.15, 0.2) is 0 Å². The molecule has 1 aliphatic heterocycles. The van der Waals surface area contributed by atoms with E-state index in [0.29, 0.717) is 6.10 Å². The molecule has 2 fully saturated rings. The third-order valence-corrected chi connectivity index (χ3v) is 4.01. The first kappa shape index (κ1) is 12.3. The molecule has 4 nitrogen and oxygen atoms in total. The number of hydrogen-bond donors (Lipinski definition) is 1. The molecule has 1 heterocycles. The van der Waals surface area contributed by atoms with Crippen LogP contribution >= 0.6 is 0 Å². The van der Waals surface area contributed by atoms with Crippen molar-refractivity contribution in [3.8, 4) is 0 Å². The Hall–Kier alpha value is -0.160. The van der Waals surface area contributed by atoms with Gasteiger partial charge in [0.2, 0.25) is 0 Å². The largest absolute Gasteiger partial charge is 0.381 e. The number of rotatable bonds is 5. The van der Waals surface area contributed by atoms with Gasteiger partial charge in [-0.25, -0.2) is 0 Å². The lowest BCUT2D eigenvalue weighted by Crippen LogP contribution is -2.50. The topological polar surface area (TPSA) is 27.7 Å². The predicted octanol–water partition coefficient (Wildman–Crippen LogP) is 0.000800. The minimum atomic E-state index is 0.520. The quantitative estimate of drug-likeness (QED) is 0.715. The molecule has 94 valence electrons. The summed E-state index contributed by atoms with van der Waals surface area (Å²) in [6.45, 7) is 7.13. The SMILES string of the molecule is COC1CC(N(C)CCN2CCNCC2)C1. The maximum Gasteiger partial charge on any atom is 0.0601 e. The van der Waals surface area contributed by atoms with Crippen LogP contribution in [0.25, 0.3) is 0 Å². The number of methoxy groups -OCH3 is 1. The van der Waals surface area contributed by atoms with Crippen molar-refractivity contribution < 1.29 is 4.74 Å². The van der Waals surface area contributed by atoms with E-state index in [2.05, 4.69) is 22.2 Å². The molecule has 0 bridgehead atoms. The monoisotopic (exact) mass is 227 g/mol. The van der Waals surface area contributed by atoms with Gasteiger partial charge in [0.1, 0.15) is 0 Å². The third kappa shape index (κ3) is 3.17. The van der Waals surface area contributed by atoms with Gasteiger partial charge in [0.25, 0.3) is 0 Å². The molecule has 0 radical (unpaired) electrons. The van der Waals surface area contributed by atoms with Gasteiger partial charge in [-0.15, -0.1) is 0 Å². The highest BCUT2D eigenvalue weighted by atomic mass is 16.5. The van der Waals surface area contributed by atoms with E-state index in [-0.39, 0.29) is 0 Å². The van der Waals surface area contributed by atoms with Crippen molar-refractivity contribution in [2.45, 2.75) is 25.0 Å². The molecule has 1 saturated heterocycles. The average molecular weight is 227 g/mol. The highest BCUT2D eigenvalue weighted by Crippen LogP contribution is 2.26. The minimum Gasteiger partial charge on any atom is -0.381 e. The molecular weight excluding hydrogens is 202 g/mol. The molecule has 2 aliphatic rings. The summed E-state index contributed by atoms with van der Waals surface area (Å²) >= 11 is 0. The van der Waals surface area contributed by atoms with Crippen LogP contribution in [-0.2, 0) is 4.74 Å². The average Bonchev–Trinajstić information content (AvgIpc) is 2.26. The zero-order valence-corrected chi connectivity index (χ0v) is 10.6. The standard InChI is InChI=1S/C12H25N3O/c1-14(11-9-12(10-11)16-2)7-8-15-5-3-13-4-6-15/h11-13H,3-10H2,1-2H3. The van der Waals surface area contributed by atoms with Crippen molar-refractivity contribution in [1.29, 1.82) is 0 Å². The van der Waals surface area contributed by atoms with Gasteiger partial charge in [-0.2, -0.15) is 0 Å². The first-order valence-electron chi connectivity index (χ1n) is 6.45. The lowest BCUT2D eigenvalue weighted by Gasteiger charge is -2.41. The summed E-state index contributed by atoms with van der Waals surface area (Å²) in [6, 6.07) is 0.757. The van der Waals surface area contributed by atoms with Gasteiger partial charge in [0, 0.05) is 52.4 Å². The zero-order chi connectivity index (χ0) is 11.4. The highest BCUT2D eigenvalue weighted by Gasteiger charge is 2.31. The van der Waals surface area contributed by atoms with E-state index >= 15 is 0 Å². The minimum absolute atomic E-state index is 0.520. The summed E-state index contributed by atoms with van der Waals surface area (Å²) in [5.74, 6) is 0. The summed E-state index contributed by atoms with van der Waals surface area (Å²) in [6.07, 6.45) is 2.95. The van der Waals surface area contributed by atoms with E-state index in [1.165, 1.54) is 39.0 Å². The first-order chi connectivity index (χ1) is 7.79. The Morgan fingerprint density at radius 1 is 1.31 bits per heavy atom. The Morgan fingerprint density at radius 3 is 2.62 bits per heavy atom. The maximum absolute atomic E-state index is 5.32. The Kier molecular flexibility index (Phi) is 4.58. The van der Waals surface area contributed by atoms with Gasteiger partial charge in [0.15, 0.2) is 0 Å². The number of ether oxygens (including phenoxy) is 1. The molecular formula is C12H25N3O. The Bertz CT molecular complexity index is 200. The number of hydrogen-bond acceptors (Lipinski definition) is 4. The van der Waals surface area contributed by atoms with Crippen LogP contribution in [0.5, 0.6) is 0 Å². The number of piperazine rings is 1. The fourth-order valence-corrected chi connectivity index (χ4v) is 2.51. The summed E-state index contributed by atoms with van der Waals surface area (Å²) in [5, 5.41) is 3.39. The smallest absolute Gasteiger partial charge is 0.0601 e. The van der Waals surface area contributed by atoms with Gasteiger partial charge in [-0.1, -0.05) is 0 Å². The van der Waals surface area contributed by atoms with E-state index < -0.39 is 0 Å². The highest BCUT2D eigenvalue weighted by molar-refractivity contribution is 4.87. The Morgan fingerprint density at radius 2 is 2.00 bits per heavy atom. The summed E-state index contributed by atoms with van der Waals surface area (Å²) < 4.78 is 5.32. The fourth-order valence-electron chi connectivity index (χ4n) is 2.51. The molecule has 2 rings (SSSR count). The van der Waals surface area contributed by atoms with Crippen LogP contribution < -0.4 is 5.32 Å². The second-order valence-corrected chi connectivity index (χ2v) is 5.06. The molecule has 4 heteroatoms. The van der Waals surface area contributed by atoms with Crippen molar-refractivity contribution in [2.75, 3.05) is 53.4 Å². The maximum atomic E-state index is 5.32. The molecule has 0 unspecified atom stereocenters. The van der Waals surface area contributed by atoms with E-state index in [1.54, 1.807) is 0 Å². The normalized spacial score (nSPS) is 31.7. The second kappa shape index (κ2) is 5.96. The van der Waals surface area contributed by atoms with Crippen LogP contribution in [0.1, 0.15) is 12.8 Å². The van der Waals surface area contributed by atoms with E-state index in [0.717, 1.165) is 19.1 Å². The number of likely N-dealkylation sites (N-methyl/N-ethyl adjacent to an activating group) is 1. The molecule has 16 heavy (non-hydrogen) atoms. The number of nitrogens with zero attached hydrogens (tertiary/aromatic N) is 2. The summed E-state index contributed by atoms with van der Waals surface area (Å²) in [5.41, 5.74) is 0. The first-order valence-corrected chi connectivity index (χ1v) is 6.45. The van der Waals surface area contributed by atoms with E-state index in [1.807, 2.05) is 7.11 Å². The van der Waals surface area contributed by atoms with Crippen molar-refractivity contribution in [2.24, 2.45) is 0 Å². The lowest BCUT2D eigenvalue weighted by molar-refractivity contribution is -0.0213. The molecule has 0 aromatic carbocycles. The van der Waals surface area contributed by atoms with Crippen LogP contribution in [0.3, 0.4) is 0 Å². The molecule has 0 amide bonds. The molecule has 1 N–H and O–H groups in total. The summed E-state index contributed by atoms with van der Waals surface area (Å²) in [7, 11) is 4.07. The molecule has 0 atom stereocenters. The zero-order valence-electron chi connectivity index (χ0n) is 10.6.